The number of benzene rings is 2. The Labute approximate surface area is 196 Å². The molecule has 0 N–H and O–H groups in total. The Kier molecular flexibility index (Phi) is 5.90. The molecule has 2 aromatic carbocycles. The second-order valence-electron chi connectivity index (χ2n) is 8.42. The van der Waals surface area contributed by atoms with Crippen LogP contribution in [0.5, 0.6) is 11.5 Å². The molecule has 2 amide bonds. The maximum Gasteiger partial charge on any atom is 0.243 e. The molecule has 0 saturated carbocycles. The van der Waals surface area contributed by atoms with E-state index in [2.05, 4.69) is 0 Å². The van der Waals surface area contributed by atoms with Gasteiger partial charge in [-0.05, 0) is 30.3 Å². The first-order chi connectivity index (χ1) is 16.3. The molecule has 2 saturated heterocycles. The zero-order valence-electron chi connectivity index (χ0n) is 18.4. The number of ether oxygens (including phenoxy) is 2. The number of carbonyl (C=O) groups excluding carboxylic acids is 2. The molecule has 11 heteroatoms. The molecule has 3 aliphatic heterocycles. The van der Waals surface area contributed by atoms with Crippen molar-refractivity contribution in [2.24, 2.45) is 5.92 Å². The average Bonchev–Trinajstić information content (AvgIpc) is 3.25. The van der Waals surface area contributed by atoms with Gasteiger partial charge in [0.1, 0.15) is 19.0 Å². The summed E-state index contributed by atoms with van der Waals surface area (Å²) in [4.78, 5) is 28.9. The second kappa shape index (κ2) is 8.88. The molecule has 0 radical (unpaired) electrons. The van der Waals surface area contributed by atoms with Gasteiger partial charge in [0.25, 0.3) is 0 Å². The van der Waals surface area contributed by atoms with Crippen molar-refractivity contribution in [2.75, 3.05) is 50.8 Å². The van der Waals surface area contributed by atoms with Crippen LogP contribution in [0.1, 0.15) is 6.42 Å². The lowest BCUT2D eigenvalue weighted by atomic mass is 10.1. The Hall–Kier alpha value is -3.18. The minimum absolute atomic E-state index is 0.0923. The Bertz CT molecular complexity index is 1230. The molecule has 34 heavy (non-hydrogen) atoms. The lowest BCUT2D eigenvalue weighted by Crippen LogP contribution is -2.52. The van der Waals surface area contributed by atoms with Gasteiger partial charge >= 0.3 is 0 Å². The number of hydrogen-bond donors (Lipinski definition) is 0. The highest BCUT2D eigenvalue weighted by Crippen LogP contribution is 2.36. The lowest BCUT2D eigenvalue weighted by Gasteiger charge is -2.35. The molecule has 2 aromatic rings. The molecule has 0 bridgehead atoms. The predicted molar refractivity (Wildman–Crippen MR) is 120 cm³/mol. The Morgan fingerprint density at radius 3 is 2.44 bits per heavy atom. The first-order valence-corrected chi connectivity index (χ1v) is 12.5. The summed E-state index contributed by atoms with van der Waals surface area (Å²) < 4.78 is 51.5. The lowest BCUT2D eigenvalue weighted by molar-refractivity contribution is -0.136. The van der Waals surface area contributed by atoms with Crippen LogP contribution in [0.2, 0.25) is 0 Å². The molecule has 0 aliphatic carbocycles. The van der Waals surface area contributed by atoms with Crippen LogP contribution in [0.4, 0.5) is 10.1 Å². The summed E-state index contributed by atoms with van der Waals surface area (Å²) in [6.07, 6.45) is 0.0923. The average molecular weight is 490 g/mol. The van der Waals surface area contributed by atoms with Crippen LogP contribution in [0.3, 0.4) is 0 Å². The standard InChI is InChI=1S/C23H24FN3O6S/c24-17-2-1-3-19(13-17)34(30,31)26-8-6-25(7-9-26)23(29)16-12-22(28)27(15-16)18-4-5-20-21(14-18)33-11-10-32-20/h1-5,13-14,16H,6-12,15H2. The number of fused-ring (bicyclic) bond motifs is 1. The first-order valence-electron chi connectivity index (χ1n) is 11.1. The van der Waals surface area contributed by atoms with E-state index in [-0.39, 0.29) is 55.9 Å². The van der Waals surface area contributed by atoms with Crippen LogP contribution >= 0.6 is 0 Å². The number of nitrogens with zero attached hydrogens (tertiary/aromatic N) is 3. The van der Waals surface area contributed by atoms with Crippen LogP contribution in [-0.2, 0) is 19.6 Å². The fraction of sp³-hybridized carbons (Fsp3) is 0.391. The van der Waals surface area contributed by atoms with Crippen molar-refractivity contribution >= 4 is 27.5 Å². The van der Waals surface area contributed by atoms with Gasteiger partial charge in [0.15, 0.2) is 11.5 Å². The largest absolute Gasteiger partial charge is 0.486 e. The number of halogens is 1. The van der Waals surface area contributed by atoms with Gasteiger partial charge in [0, 0.05) is 50.9 Å². The van der Waals surface area contributed by atoms with E-state index >= 15 is 0 Å². The van der Waals surface area contributed by atoms with Gasteiger partial charge < -0.3 is 19.3 Å². The maximum absolute atomic E-state index is 13.5. The van der Waals surface area contributed by atoms with Crippen molar-refractivity contribution in [3.05, 3.63) is 48.3 Å². The van der Waals surface area contributed by atoms with Crippen LogP contribution in [-0.4, -0.2) is 75.4 Å². The minimum atomic E-state index is -3.84. The van der Waals surface area contributed by atoms with Crippen molar-refractivity contribution in [3.63, 3.8) is 0 Å². The first kappa shape index (κ1) is 22.6. The van der Waals surface area contributed by atoms with E-state index in [1.807, 2.05) is 0 Å². The van der Waals surface area contributed by atoms with Gasteiger partial charge in [-0.3, -0.25) is 9.59 Å². The fourth-order valence-electron chi connectivity index (χ4n) is 4.51. The third-order valence-electron chi connectivity index (χ3n) is 6.30. The summed E-state index contributed by atoms with van der Waals surface area (Å²) in [5, 5.41) is 0. The highest BCUT2D eigenvalue weighted by molar-refractivity contribution is 7.89. The van der Waals surface area contributed by atoms with Gasteiger partial charge in [-0.15, -0.1) is 0 Å². The smallest absolute Gasteiger partial charge is 0.243 e. The summed E-state index contributed by atoms with van der Waals surface area (Å²) in [5.74, 6) is -0.253. The molecule has 3 aliphatic rings. The Morgan fingerprint density at radius 2 is 1.71 bits per heavy atom. The topological polar surface area (TPSA) is 96.5 Å². The van der Waals surface area contributed by atoms with Crippen LogP contribution in [0, 0.1) is 11.7 Å². The Morgan fingerprint density at radius 1 is 0.971 bits per heavy atom. The SMILES string of the molecule is O=C(C1CC(=O)N(c2ccc3c(c2)OCCO3)C1)N1CCN(S(=O)(=O)c2cccc(F)c2)CC1. The van der Waals surface area contributed by atoms with Crippen molar-refractivity contribution in [1.29, 1.82) is 0 Å². The molecule has 180 valence electrons. The number of carbonyl (C=O) groups is 2. The number of sulfonamides is 1. The van der Waals surface area contributed by atoms with Crippen molar-refractivity contribution < 1.29 is 31.9 Å². The van der Waals surface area contributed by atoms with E-state index < -0.39 is 21.8 Å². The molecule has 1 unspecified atom stereocenters. The molecule has 1 atom stereocenters. The molecule has 0 spiro atoms. The third-order valence-corrected chi connectivity index (χ3v) is 8.19. The minimum Gasteiger partial charge on any atom is -0.486 e. The normalized spacial score (nSPS) is 21.1. The van der Waals surface area contributed by atoms with Gasteiger partial charge in [-0.1, -0.05) is 6.07 Å². The van der Waals surface area contributed by atoms with E-state index in [0.717, 1.165) is 6.07 Å². The van der Waals surface area contributed by atoms with Gasteiger partial charge in [0.2, 0.25) is 21.8 Å². The number of rotatable bonds is 4. The monoisotopic (exact) mass is 489 g/mol. The van der Waals surface area contributed by atoms with E-state index in [0.29, 0.717) is 30.4 Å². The predicted octanol–water partition coefficient (Wildman–Crippen LogP) is 1.48. The zero-order valence-corrected chi connectivity index (χ0v) is 19.2. The van der Waals surface area contributed by atoms with Gasteiger partial charge in [-0.25, -0.2) is 12.8 Å². The highest BCUT2D eigenvalue weighted by atomic mass is 32.2. The summed E-state index contributed by atoms with van der Waals surface area (Å²) in [7, 11) is -3.84. The molecule has 5 rings (SSSR count). The summed E-state index contributed by atoms with van der Waals surface area (Å²) >= 11 is 0. The third kappa shape index (κ3) is 4.21. The number of anilines is 1. The maximum atomic E-state index is 13.5. The van der Waals surface area contributed by atoms with Crippen LogP contribution < -0.4 is 14.4 Å². The van der Waals surface area contributed by atoms with E-state index in [4.69, 9.17) is 9.47 Å². The number of hydrogen-bond acceptors (Lipinski definition) is 6. The molecule has 9 nitrogen and oxygen atoms in total. The van der Waals surface area contributed by atoms with Crippen LogP contribution in [0.25, 0.3) is 0 Å². The quantitative estimate of drug-likeness (QED) is 0.646. The number of amides is 2. The molecular formula is C23H24FN3O6S. The summed E-state index contributed by atoms with van der Waals surface area (Å²) in [6, 6.07) is 10.2. The molecule has 3 heterocycles. The zero-order chi connectivity index (χ0) is 23.9. The van der Waals surface area contributed by atoms with Crippen molar-refractivity contribution in [3.8, 4) is 11.5 Å². The van der Waals surface area contributed by atoms with E-state index in [9.17, 15) is 22.4 Å². The van der Waals surface area contributed by atoms with E-state index in [1.165, 1.54) is 22.5 Å². The molecule has 0 aromatic heterocycles. The van der Waals surface area contributed by atoms with Crippen molar-refractivity contribution in [2.45, 2.75) is 11.3 Å². The summed E-state index contributed by atoms with van der Waals surface area (Å²) in [5.41, 5.74) is 0.649. The van der Waals surface area contributed by atoms with E-state index in [1.54, 1.807) is 28.0 Å². The highest BCUT2D eigenvalue weighted by Gasteiger charge is 2.39. The second-order valence-corrected chi connectivity index (χ2v) is 10.4. The fourth-order valence-corrected chi connectivity index (χ4v) is 5.96. The Balaban J connectivity index is 1.22. The van der Waals surface area contributed by atoms with Gasteiger partial charge in [0.05, 0.1) is 10.8 Å². The van der Waals surface area contributed by atoms with Crippen molar-refractivity contribution in [1.82, 2.24) is 9.21 Å². The molecular weight excluding hydrogens is 465 g/mol. The van der Waals surface area contributed by atoms with Gasteiger partial charge in [-0.2, -0.15) is 4.31 Å². The molecule has 2 fully saturated rings. The number of piperazine rings is 1. The summed E-state index contributed by atoms with van der Waals surface area (Å²) in [6.45, 7) is 1.80. The van der Waals surface area contributed by atoms with Crippen LogP contribution in [0.15, 0.2) is 47.4 Å².